The van der Waals surface area contributed by atoms with E-state index in [1.165, 1.54) is 16.7 Å². The summed E-state index contributed by atoms with van der Waals surface area (Å²) in [5, 5.41) is 19.1. The number of hydrogen-bond acceptors (Lipinski definition) is 5. The van der Waals surface area contributed by atoms with Gasteiger partial charge < -0.3 is 19.3 Å². The monoisotopic (exact) mass is 476 g/mol. The zero-order chi connectivity index (χ0) is 25.5. The zero-order valence-electron chi connectivity index (χ0n) is 20.7. The maximum Gasteiger partial charge on any atom is 0.305 e. The molecule has 0 fully saturated rings. The van der Waals surface area contributed by atoms with E-state index in [1.54, 1.807) is 20.0 Å². The van der Waals surface area contributed by atoms with Crippen molar-refractivity contribution in [2.75, 3.05) is 13.7 Å². The molecule has 184 valence electrons. The second-order valence-electron chi connectivity index (χ2n) is 8.95. The van der Waals surface area contributed by atoms with Gasteiger partial charge in [-0.05, 0) is 44.7 Å². The number of aromatic nitrogens is 2. The molecule has 1 amide bonds. The van der Waals surface area contributed by atoms with Gasteiger partial charge in [-0.25, -0.2) is 4.98 Å². The molecule has 0 spiro atoms. The summed E-state index contributed by atoms with van der Waals surface area (Å²) in [6.45, 7) is 4.93. The lowest BCUT2D eigenvalue weighted by atomic mass is 10.0. The number of amides is 1. The number of unbranched alkanes of at least 4 members (excludes halogenated alkanes) is 1. The third-order valence-corrected chi connectivity index (χ3v) is 6.25. The number of carboxylic acid groups (broad SMARTS) is 1. The van der Waals surface area contributed by atoms with Crippen LogP contribution < -0.4 is 0 Å². The van der Waals surface area contributed by atoms with Crippen molar-refractivity contribution < 1.29 is 19.4 Å². The van der Waals surface area contributed by atoms with Crippen molar-refractivity contribution in [2.24, 2.45) is 7.05 Å². The molecule has 0 unspecified atom stereocenters. The predicted molar refractivity (Wildman–Crippen MR) is 133 cm³/mol. The van der Waals surface area contributed by atoms with Crippen LogP contribution in [0.5, 0.6) is 0 Å². The quantitative estimate of drug-likeness (QED) is 0.415. The van der Waals surface area contributed by atoms with Crippen LogP contribution in [0.15, 0.2) is 36.5 Å². The topological polar surface area (TPSA) is 108 Å². The van der Waals surface area contributed by atoms with E-state index in [0.717, 1.165) is 24.1 Å². The van der Waals surface area contributed by atoms with E-state index < -0.39 is 12.0 Å². The number of aliphatic carboxylic acids is 1. The molecule has 1 atom stereocenters. The van der Waals surface area contributed by atoms with E-state index in [4.69, 9.17) is 9.84 Å². The minimum Gasteiger partial charge on any atom is -0.481 e. The summed E-state index contributed by atoms with van der Waals surface area (Å²) in [6.07, 6.45) is 3.60. The number of carboxylic acids is 1. The largest absolute Gasteiger partial charge is 0.481 e. The van der Waals surface area contributed by atoms with Crippen molar-refractivity contribution in [3.8, 4) is 6.07 Å². The number of pyridine rings is 1. The average molecular weight is 477 g/mol. The Kier molecular flexibility index (Phi) is 8.61. The van der Waals surface area contributed by atoms with Crippen molar-refractivity contribution in [3.05, 3.63) is 64.5 Å². The molecule has 3 rings (SSSR count). The molecule has 0 bridgehead atoms. The van der Waals surface area contributed by atoms with Crippen LogP contribution >= 0.6 is 0 Å². The third-order valence-electron chi connectivity index (χ3n) is 6.25. The summed E-state index contributed by atoms with van der Waals surface area (Å²) >= 11 is 0. The van der Waals surface area contributed by atoms with Crippen LogP contribution in [-0.2, 0) is 29.6 Å². The normalized spacial score (nSPS) is 11.9. The number of carbonyl (C=O) groups excluding carboxylic acids is 1. The van der Waals surface area contributed by atoms with Crippen molar-refractivity contribution in [2.45, 2.75) is 52.2 Å². The summed E-state index contributed by atoms with van der Waals surface area (Å²) in [6, 6.07) is 11.5. The number of nitriles is 1. The molecule has 1 N–H and O–H groups in total. The maximum atomic E-state index is 13.5. The van der Waals surface area contributed by atoms with E-state index >= 15 is 0 Å². The lowest BCUT2D eigenvalue weighted by molar-refractivity contribution is -0.137. The van der Waals surface area contributed by atoms with Crippen LogP contribution in [0.3, 0.4) is 0 Å². The molecule has 0 saturated carbocycles. The van der Waals surface area contributed by atoms with Gasteiger partial charge in [0.15, 0.2) is 0 Å². The summed E-state index contributed by atoms with van der Waals surface area (Å²) in [5.74, 6) is -1.23. The fourth-order valence-electron chi connectivity index (χ4n) is 4.21. The van der Waals surface area contributed by atoms with Gasteiger partial charge >= 0.3 is 5.97 Å². The van der Waals surface area contributed by atoms with Crippen LogP contribution in [0, 0.1) is 18.3 Å². The van der Waals surface area contributed by atoms with Gasteiger partial charge in [0, 0.05) is 44.0 Å². The fraction of sp³-hybridized carbons (Fsp3) is 0.407. The van der Waals surface area contributed by atoms with Gasteiger partial charge in [0.2, 0.25) is 0 Å². The maximum absolute atomic E-state index is 13.5. The van der Waals surface area contributed by atoms with Crippen molar-refractivity contribution >= 4 is 22.9 Å². The number of carbonyl (C=O) groups is 2. The van der Waals surface area contributed by atoms with Crippen LogP contribution in [0.25, 0.3) is 11.0 Å². The number of aryl methyl sites for hydroxylation is 2. The summed E-state index contributed by atoms with van der Waals surface area (Å²) in [5.41, 5.74) is 4.64. The molecule has 0 aliphatic rings. The Hall–Kier alpha value is -3.70. The molecule has 2 aromatic heterocycles. The summed E-state index contributed by atoms with van der Waals surface area (Å²) in [7, 11) is 3.47. The van der Waals surface area contributed by atoms with Gasteiger partial charge in [-0.2, -0.15) is 5.26 Å². The number of rotatable bonds is 11. The van der Waals surface area contributed by atoms with E-state index in [9.17, 15) is 14.9 Å². The van der Waals surface area contributed by atoms with E-state index in [1.807, 2.05) is 23.7 Å². The number of benzene rings is 1. The third kappa shape index (κ3) is 6.25. The Bertz CT molecular complexity index is 1260. The molecule has 0 radical (unpaired) electrons. The first-order chi connectivity index (χ1) is 16.7. The molecule has 35 heavy (non-hydrogen) atoms. The molecule has 2 heterocycles. The predicted octanol–water partition coefficient (Wildman–Crippen LogP) is 4.23. The van der Waals surface area contributed by atoms with Gasteiger partial charge in [-0.15, -0.1) is 0 Å². The molecular formula is C27H32N4O4. The Morgan fingerprint density at radius 1 is 1.29 bits per heavy atom. The first kappa shape index (κ1) is 25.9. The molecular weight excluding hydrogens is 444 g/mol. The molecule has 0 aliphatic heterocycles. The average Bonchev–Trinajstić information content (AvgIpc) is 3.10. The van der Waals surface area contributed by atoms with E-state index in [-0.39, 0.29) is 12.3 Å². The number of hydrogen-bond donors (Lipinski definition) is 1. The van der Waals surface area contributed by atoms with Crippen LogP contribution in [0.4, 0.5) is 0 Å². The summed E-state index contributed by atoms with van der Waals surface area (Å²) < 4.78 is 7.73. The standard InChI is InChI=1S/C27H32N4O4/c1-18-8-7-9-20(12-18)17-35-11-6-5-10-23-25(27(34)30(3)19(2)13-24(32)33)22-14-21(15-28)16-29-26(22)31(23)4/h7-9,12,14,16,19H,5-6,10-11,13,17H2,1-4H3,(H,32,33)/t19-/m1/s1. The van der Waals surface area contributed by atoms with Gasteiger partial charge in [-0.1, -0.05) is 29.8 Å². The Morgan fingerprint density at radius 3 is 2.74 bits per heavy atom. The molecule has 8 heteroatoms. The van der Waals surface area contributed by atoms with Crippen LogP contribution in [0.2, 0.25) is 0 Å². The Labute approximate surface area is 205 Å². The second kappa shape index (κ2) is 11.6. The molecule has 0 saturated heterocycles. The second-order valence-corrected chi connectivity index (χ2v) is 8.95. The number of ether oxygens (including phenoxy) is 1. The SMILES string of the molecule is Cc1cccc(COCCCCc2c(C(=O)N(C)[C@H](C)CC(=O)O)c3cc(C#N)cnc3n2C)c1. The highest BCUT2D eigenvalue weighted by molar-refractivity contribution is 6.08. The van der Waals surface area contributed by atoms with Crippen LogP contribution in [0.1, 0.15) is 58.9 Å². The zero-order valence-corrected chi connectivity index (χ0v) is 20.7. The van der Waals surface area contributed by atoms with Crippen molar-refractivity contribution in [1.82, 2.24) is 14.5 Å². The minimum absolute atomic E-state index is 0.150. The highest BCUT2D eigenvalue weighted by Crippen LogP contribution is 2.28. The molecule has 3 aromatic rings. The first-order valence-electron chi connectivity index (χ1n) is 11.7. The van der Waals surface area contributed by atoms with Gasteiger partial charge in [0.05, 0.1) is 24.2 Å². The van der Waals surface area contributed by atoms with Gasteiger partial charge in [0.25, 0.3) is 5.91 Å². The lowest BCUT2D eigenvalue weighted by Gasteiger charge is -2.24. The Morgan fingerprint density at radius 2 is 2.06 bits per heavy atom. The van der Waals surface area contributed by atoms with E-state index in [0.29, 0.717) is 41.8 Å². The van der Waals surface area contributed by atoms with Gasteiger partial charge in [0.1, 0.15) is 11.7 Å². The molecule has 8 nitrogen and oxygen atoms in total. The number of nitrogens with zero attached hydrogens (tertiary/aromatic N) is 4. The number of fused-ring (bicyclic) bond motifs is 1. The van der Waals surface area contributed by atoms with Crippen molar-refractivity contribution in [3.63, 3.8) is 0 Å². The first-order valence-corrected chi connectivity index (χ1v) is 11.7. The van der Waals surface area contributed by atoms with Crippen LogP contribution in [-0.4, -0.2) is 51.1 Å². The van der Waals surface area contributed by atoms with E-state index in [2.05, 4.69) is 30.1 Å². The van der Waals surface area contributed by atoms with Crippen molar-refractivity contribution in [1.29, 1.82) is 5.26 Å². The summed E-state index contributed by atoms with van der Waals surface area (Å²) in [4.78, 5) is 30.6. The molecule has 0 aliphatic carbocycles. The lowest BCUT2D eigenvalue weighted by Crippen LogP contribution is -2.37. The minimum atomic E-state index is -0.964. The molecule has 1 aromatic carbocycles. The highest BCUT2D eigenvalue weighted by Gasteiger charge is 2.27. The smallest absolute Gasteiger partial charge is 0.305 e. The van der Waals surface area contributed by atoms with Gasteiger partial charge in [-0.3, -0.25) is 9.59 Å². The highest BCUT2D eigenvalue weighted by atomic mass is 16.5. The fourth-order valence-corrected chi connectivity index (χ4v) is 4.21. The Balaban J connectivity index is 1.76.